The first-order chi connectivity index (χ1) is 8.16. The number of hydrogen-bond acceptors (Lipinski definition) is 2. The average molecular weight is 293 g/mol. The largest absolute Gasteiger partial charge is 0.294 e. The van der Waals surface area contributed by atoms with Crippen molar-refractivity contribution in [1.82, 2.24) is 9.78 Å². The second-order valence-corrected chi connectivity index (χ2v) is 4.80. The molecule has 0 aliphatic rings. The smallest absolute Gasteiger partial charge is 0.163 e. The minimum absolute atomic E-state index is 0.160. The minimum atomic E-state index is 0.160. The highest BCUT2D eigenvalue weighted by atomic mass is 79.9. The van der Waals surface area contributed by atoms with Gasteiger partial charge in [-0.25, -0.2) is 0 Å². The summed E-state index contributed by atoms with van der Waals surface area (Å²) in [6, 6.07) is 9.43. The molecule has 17 heavy (non-hydrogen) atoms. The van der Waals surface area contributed by atoms with Gasteiger partial charge >= 0.3 is 0 Å². The van der Waals surface area contributed by atoms with Gasteiger partial charge in [-0.1, -0.05) is 28.1 Å². The monoisotopic (exact) mass is 292 g/mol. The molecular weight excluding hydrogens is 280 g/mol. The van der Waals surface area contributed by atoms with E-state index >= 15 is 0 Å². The minimum Gasteiger partial charge on any atom is -0.294 e. The van der Waals surface area contributed by atoms with Crippen LogP contribution in [0.5, 0.6) is 0 Å². The molecule has 1 aromatic heterocycles. The van der Waals surface area contributed by atoms with Gasteiger partial charge in [-0.3, -0.25) is 9.48 Å². The molecule has 0 spiro atoms. The van der Waals surface area contributed by atoms with Gasteiger partial charge in [0.15, 0.2) is 5.78 Å². The van der Waals surface area contributed by atoms with Gasteiger partial charge in [-0.05, 0) is 24.6 Å². The third-order valence-corrected chi connectivity index (χ3v) is 3.17. The first kappa shape index (κ1) is 12.0. The molecule has 0 bridgehead atoms. The Labute approximate surface area is 109 Å². The maximum atomic E-state index is 12.0. The number of rotatable bonds is 4. The predicted octanol–water partition coefficient (Wildman–Crippen LogP) is 3.00. The Bertz CT molecular complexity index is 534. The first-order valence-corrected chi connectivity index (χ1v) is 6.22. The molecule has 88 valence electrons. The second-order valence-electron chi connectivity index (χ2n) is 3.88. The van der Waals surface area contributed by atoms with Crippen molar-refractivity contribution in [2.24, 2.45) is 7.05 Å². The second kappa shape index (κ2) is 5.27. The van der Waals surface area contributed by atoms with Crippen LogP contribution in [0.4, 0.5) is 0 Å². The van der Waals surface area contributed by atoms with Crippen molar-refractivity contribution < 1.29 is 4.79 Å². The number of benzene rings is 1. The van der Waals surface area contributed by atoms with E-state index in [9.17, 15) is 4.79 Å². The van der Waals surface area contributed by atoms with Crippen LogP contribution in [0.25, 0.3) is 0 Å². The molecule has 0 fully saturated rings. The van der Waals surface area contributed by atoms with Crippen molar-refractivity contribution in [3.8, 4) is 0 Å². The van der Waals surface area contributed by atoms with Crippen LogP contribution in [0.3, 0.4) is 0 Å². The molecule has 0 unspecified atom stereocenters. The standard InChI is InChI=1S/C13H13BrN2O/c1-16-12(7-8-15-16)5-6-13(17)10-3-2-4-11(14)9-10/h2-4,7-9H,5-6H2,1H3. The third kappa shape index (κ3) is 3.03. The highest BCUT2D eigenvalue weighted by Gasteiger charge is 2.07. The van der Waals surface area contributed by atoms with Gasteiger partial charge in [0.2, 0.25) is 0 Å². The molecule has 1 aromatic carbocycles. The number of halogens is 1. The number of aryl methyl sites for hydroxylation is 2. The molecule has 2 aromatic rings. The van der Waals surface area contributed by atoms with Gasteiger partial charge in [0.05, 0.1) is 0 Å². The summed E-state index contributed by atoms with van der Waals surface area (Å²) in [5.74, 6) is 0.160. The summed E-state index contributed by atoms with van der Waals surface area (Å²) in [5, 5.41) is 4.08. The molecule has 2 rings (SSSR count). The zero-order chi connectivity index (χ0) is 12.3. The number of Topliss-reactive ketones (excluding diaryl/α,β-unsaturated/α-hetero) is 1. The maximum Gasteiger partial charge on any atom is 0.163 e. The van der Waals surface area contributed by atoms with Gasteiger partial charge in [0.25, 0.3) is 0 Å². The van der Waals surface area contributed by atoms with Crippen LogP contribution in [-0.2, 0) is 13.5 Å². The van der Waals surface area contributed by atoms with Gasteiger partial charge < -0.3 is 0 Å². The number of carbonyl (C=O) groups is 1. The number of ketones is 1. The summed E-state index contributed by atoms with van der Waals surface area (Å²) in [6.07, 6.45) is 2.98. The molecule has 0 amide bonds. The lowest BCUT2D eigenvalue weighted by Crippen LogP contribution is -2.04. The van der Waals surface area contributed by atoms with E-state index in [0.717, 1.165) is 22.2 Å². The topological polar surface area (TPSA) is 34.9 Å². The van der Waals surface area contributed by atoms with E-state index < -0.39 is 0 Å². The maximum absolute atomic E-state index is 12.0. The molecule has 0 saturated carbocycles. The van der Waals surface area contributed by atoms with Gasteiger partial charge in [-0.2, -0.15) is 5.10 Å². The number of hydrogen-bond donors (Lipinski definition) is 0. The van der Waals surface area contributed by atoms with E-state index in [0.29, 0.717) is 6.42 Å². The normalized spacial score (nSPS) is 10.5. The Hall–Kier alpha value is -1.42. The SMILES string of the molecule is Cn1nccc1CCC(=O)c1cccc(Br)c1. The van der Waals surface area contributed by atoms with Gasteiger partial charge in [0, 0.05) is 35.4 Å². The fraction of sp³-hybridized carbons (Fsp3) is 0.231. The van der Waals surface area contributed by atoms with Crippen LogP contribution in [0, 0.1) is 0 Å². The molecular formula is C13H13BrN2O. The number of carbonyl (C=O) groups excluding carboxylic acids is 1. The molecule has 1 heterocycles. The van der Waals surface area contributed by atoms with Crippen molar-refractivity contribution in [3.63, 3.8) is 0 Å². The summed E-state index contributed by atoms with van der Waals surface area (Å²) in [5.41, 5.74) is 1.83. The first-order valence-electron chi connectivity index (χ1n) is 5.42. The van der Waals surface area contributed by atoms with Crippen molar-refractivity contribution in [2.75, 3.05) is 0 Å². The molecule has 0 aliphatic carbocycles. The lowest BCUT2D eigenvalue weighted by Gasteiger charge is -2.02. The molecule has 0 atom stereocenters. The van der Waals surface area contributed by atoms with Crippen LogP contribution in [0.1, 0.15) is 22.5 Å². The Kier molecular flexibility index (Phi) is 3.74. The van der Waals surface area contributed by atoms with Crippen LogP contribution >= 0.6 is 15.9 Å². The summed E-state index contributed by atoms with van der Waals surface area (Å²) in [4.78, 5) is 12.0. The van der Waals surface area contributed by atoms with Crippen LogP contribution in [0.2, 0.25) is 0 Å². The van der Waals surface area contributed by atoms with Gasteiger partial charge in [0.1, 0.15) is 0 Å². The Balaban J connectivity index is 2.01. The zero-order valence-electron chi connectivity index (χ0n) is 9.56. The highest BCUT2D eigenvalue weighted by molar-refractivity contribution is 9.10. The molecule has 4 heteroatoms. The molecule has 0 radical (unpaired) electrons. The zero-order valence-corrected chi connectivity index (χ0v) is 11.1. The predicted molar refractivity (Wildman–Crippen MR) is 70.0 cm³/mol. The number of nitrogens with zero attached hydrogens (tertiary/aromatic N) is 2. The molecule has 0 N–H and O–H groups in total. The van der Waals surface area contributed by atoms with Crippen molar-refractivity contribution in [2.45, 2.75) is 12.8 Å². The van der Waals surface area contributed by atoms with Crippen LogP contribution in [-0.4, -0.2) is 15.6 Å². The number of aromatic nitrogens is 2. The average Bonchev–Trinajstić information content (AvgIpc) is 2.72. The Morgan fingerprint density at radius 1 is 1.41 bits per heavy atom. The van der Waals surface area contributed by atoms with Crippen LogP contribution < -0.4 is 0 Å². The van der Waals surface area contributed by atoms with E-state index in [4.69, 9.17) is 0 Å². The van der Waals surface area contributed by atoms with Crippen molar-refractivity contribution in [1.29, 1.82) is 0 Å². The highest BCUT2D eigenvalue weighted by Crippen LogP contribution is 2.14. The van der Waals surface area contributed by atoms with Crippen LogP contribution in [0.15, 0.2) is 41.0 Å². The van der Waals surface area contributed by atoms with E-state index in [1.807, 2.05) is 37.4 Å². The summed E-state index contributed by atoms with van der Waals surface area (Å²) < 4.78 is 2.73. The van der Waals surface area contributed by atoms with E-state index in [1.54, 1.807) is 10.9 Å². The fourth-order valence-electron chi connectivity index (χ4n) is 1.69. The summed E-state index contributed by atoms with van der Waals surface area (Å²) >= 11 is 3.37. The van der Waals surface area contributed by atoms with E-state index in [1.165, 1.54) is 0 Å². The Morgan fingerprint density at radius 2 is 2.24 bits per heavy atom. The summed E-state index contributed by atoms with van der Waals surface area (Å²) in [6.45, 7) is 0. The lowest BCUT2D eigenvalue weighted by atomic mass is 10.1. The lowest BCUT2D eigenvalue weighted by molar-refractivity contribution is 0.0982. The third-order valence-electron chi connectivity index (χ3n) is 2.68. The fourth-order valence-corrected chi connectivity index (χ4v) is 2.09. The van der Waals surface area contributed by atoms with E-state index in [2.05, 4.69) is 21.0 Å². The van der Waals surface area contributed by atoms with Crippen molar-refractivity contribution in [3.05, 3.63) is 52.3 Å². The quantitative estimate of drug-likeness (QED) is 0.812. The molecule has 3 nitrogen and oxygen atoms in total. The van der Waals surface area contributed by atoms with Gasteiger partial charge in [-0.15, -0.1) is 0 Å². The van der Waals surface area contributed by atoms with E-state index in [-0.39, 0.29) is 5.78 Å². The molecule has 0 saturated heterocycles. The van der Waals surface area contributed by atoms with Crippen molar-refractivity contribution >= 4 is 21.7 Å². The molecule has 0 aliphatic heterocycles. The Morgan fingerprint density at radius 3 is 2.88 bits per heavy atom. The summed E-state index contributed by atoms with van der Waals surface area (Å²) in [7, 11) is 1.89.